The first-order valence-corrected chi connectivity index (χ1v) is 17.8. The Morgan fingerprint density at radius 3 is 1.70 bits per heavy atom. The fraction of sp³-hybridized carbons (Fsp3) is 0. The predicted molar refractivity (Wildman–Crippen MR) is 215 cm³/mol. The molecule has 1 N–H and O–H groups in total. The Balaban J connectivity index is 1.10. The van der Waals surface area contributed by atoms with Crippen LogP contribution in [0.3, 0.4) is 0 Å². The SMILES string of the molecule is c1ccc(-c2nc(-c3ccc(-n4c5ccccc5c5ccccc54)cc3)[nH+]c(-c3cccc(-c4ccnc5cccc(-c6ccccc6)c45)c3)n2)cc1. The number of rotatable bonds is 6. The molecule has 0 saturated carbocycles. The number of hydrogen-bond donors (Lipinski definition) is 0. The van der Waals surface area contributed by atoms with Gasteiger partial charge >= 0.3 is 5.82 Å². The number of pyridine rings is 1. The number of hydrogen-bond acceptors (Lipinski definition) is 3. The molecule has 0 aliphatic heterocycles. The van der Waals surface area contributed by atoms with Crippen LogP contribution >= 0.6 is 0 Å². The van der Waals surface area contributed by atoms with Gasteiger partial charge in [0.1, 0.15) is 0 Å². The summed E-state index contributed by atoms with van der Waals surface area (Å²) in [6, 6.07) is 63.5. The van der Waals surface area contributed by atoms with Crippen molar-refractivity contribution in [2.75, 3.05) is 0 Å². The van der Waals surface area contributed by atoms with Gasteiger partial charge in [-0.05, 0) is 95.1 Å². The van der Waals surface area contributed by atoms with Crippen molar-refractivity contribution >= 4 is 32.7 Å². The van der Waals surface area contributed by atoms with Crippen molar-refractivity contribution in [1.82, 2.24) is 19.5 Å². The Kier molecular flexibility index (Phi) is 7.40. The van der Waals surface area contributed by atoms with Gasteiger partial charge in [0.15, 0.2) is 0 Å². The maximum Gasteiger partial charge on any atom is 0.308 e. The normalized spacial score (nSPS) is 11.4. The topological polar surface area (TPSA) is 57.7 Å². The lowest BCUT2D eigenvalue weighted by molar-refractivity contribution is -0.359. The summed E-state index contributed by atoms with van der Waals surface area (Å²) in [5.74, 6) is 2.14. The van der Waals surface area contributed by atoms with E-state index in [-0.39, 0.29) is 0 Å². The van der Waals surface area contributed by atoms with Crippen molar-refractivity contribution in [2.24, 2.45) is 0 Å². The first-order valence-electron chi connectivity index (χ1n) is 17.8. The van der Waals surface area contributed by atoms with E-state index in [0.717, 1.165) is 67.2 Å². The predicted octanol–water partition coefficient (Wildman–Crippen LogP) is 11.3. The second kappa shape index (κ2) is 12.8. The van der Waals surface area contributed by atoms with Gasteiger partial charge in [0.2, 0.25) is 0 Å². The minimum atomic E-state index is 0.659. The lowest BCUT2D eigenvalue weighted by Crippen LogP contribution is -2.17. The number of aromatic amines is 1. The molecule has 0 atom stereocenters. The van der Waals surface area contributed by atoms with Gasteiger partial charge in [0.05, 0.1) is 33.2 Å². The second-order valence-corrected chi connectivity index (χ2v) is 13.2. The minimum Gasteiger partial charge on any atom is -0.309 e. The van der Waals surface area contributed by atoms with Crippen LogP contribution in [0, 0.1) is 0 Å². The molecular formula is C48H32N5+. The summed E-state index contributed by atoms with van der Waals surface area (Å²) in [6.07, 6.45) is 1.89. The van der Waals surface area contributed by atoms with Crippen LogP contribution in [0.5, 0.6) is 0 Å². The average molecular weight is 679 g/mol. The highest BCUT2D eigenvalue weighted by Crippen LogP contribution is 2.37. The van der Waals surface area contributed by atoms with Crippen LogP contribution < -0.4 is 4.98 Å². The Bertz CT molecular complexity index is 2870. The summed E-state index contributed by atoms with van der Waals surface area (Å²) in [4.78, 5) is 18.5. The first kappa shape index (κ1) is 30.6. The zero-order chi connectivity index (χ0) is 35.1. The molecule has 0 fully saturated rings. The van der Waals surface area contributed by atoms with E-state index in [4.69, 9.17) is 15.0 Å². The van der Waals surface area contributed by atoms with Crippen LogP contribution in [-0.4, -0.2) is 19.5 Å². The number of nitrogens with zero attached hydrogens (tertiary/aromatic N) is 4. The van der Waals surface area contributed by atoms with Crippen LogP contribution in [0.15, 0.2) is 188 Å². The Hall–Kier alpha value is -7.24. The summed E-state index contributed by atoms with van der Waals surface area (Å²) < 4.78 is 2.33. The van der Waals surface area contributed by atoms with Crippen molar-refractivity contribution < 1.29 is 4.98 Å². The van der Waals surface area contributed by atoms with E-state index in [1.807, 2.05) is 30.5 Å². The lowest BCUT2D eigenvalue weighted by Gasteiger charge is -2.12. The number of aromatic nitrogens is 5. The smallest absolute Gasteiger partial charge is 0.308 e. The molecule has 0 aliphatic carbocycles. The summed E-state index contributed by atoms with van der Waals surface area (Å²) in [5, 5.41) is 3.61. The fourth-order valence-electron chi connectivity index (χ4n) is 7.50. The minimum absolute atomic E-state index is 0.659. The third kappa shape index (κ3) is 5.43. The lowest BCUT2D eigenvalue weighted by atomic mass is 9.93. The molecule has 5 heteroatoms. The highest BCUT2D eigenvalue weighted by molar-refractivity contribution is 6.09. The molecule has 0 saturated heterocycles. The van der Waals surface area contributed by atoms with Gasteiger partial charge in [-0.3, -0.25) is 4.98 Å². The van der Waals surface area contributed by atoms with Crippen molar-refractivity contribution in [3.05, 3.63) is 188 Å². The van der Waals surface area contributed by atoms with E-state index in [1.54, 1.807) is 0 Å². The van der Waals surface area contributed by atoms with Crippen molar-refractivity contribution in [2.45, 2.75) is 0 Å². The molecule has 7 aromatic carbocycles. The van der Waals surface area contributed by atoms with Gasteiger partial charge in [-0.2, -0.15) is 0 Å². The van der Waals surface area contributed by atoms with Gasteiger partial charge in [0, 0.05) is 28.0 Å². The number of H-pyrrole nitrogens is 1. The zero-order valence-electron chi connectivity index (χ0n) is 28.7. The summed E-state index contributed by atoms with van der Waals surface area (Å²) in [5.41, 5.74) is 11.8. The molecule has 5 nitrogen and oxygen atoms in total. The van der Waals surface area contributed by atoms with Crippen molar-refractivity contribution in [1.29, 1.82) is 0 Å². The number of benzene rings is 7. The second-order valence-electron chi connectivity index (χ2n) is 13.2. The van der Waals surface area contributed by atoms with Gasteiger partial charge in [-0.25, -0.2) is 4.98 Å². The van der Waals surface area contributed by atoms with Gasteiger partial charge < -0.3 is 4.57 Å². The molecule has 10 rings (SSSR count). The van der Waals surface area contributed by atoms with Crippen LogP contribution in [0.25, 0.3) is 94.8 Å². The Morgan fingerprint density at radius 2 is 0.981 bits per heavy atom. The summed E-state index contributed by atoms with van der Waals surface area (Å²) >= 11 is 0. The molecule has 0 amide bonds. The maximum atomic E-state index is 5.11. The molecule has 0 radical (unpaired) electrons. The fourth-order valence-corrected chi connectivity index (χ4v) is 7.50. The van der Waals surface area contributed by atoms with Crippen molar-refractivity contribution in [3.63, 3.8) is 0 Å². The van der Waals surface area contributed by atoms with Gasteiger partial charge in [0.25, 0.3) is 11.6 Å². The number of nitrogens with one attached hydrogen (secondary N) is 1. The zero-order valence-corrected chi connectivity index (χ0v) is 28.7. The third-order valence-electron chi connectivity index (χ3n) is 9.98. The monoisotopic (exact) mass is 678 g/mol. The number of fused-ring (bicyclic) bond motifs is 4. The average Bonchev–Trinajstić information content (AvgIpc) is 3.58. The summed E-state index contributed by atoms with van der Waals surface area (Å²) in [6.45, 7) is 0. The standard InChI is InChI=1S/C48H31N5/c1-3-13-32(14-4-1)38-21-12-22-42-45(38)39(29-30-49-42)35-17-11-18-36(31-35)48-51-46(33-15-5-2-6-16-33)50-47(52-48)34-25-27-37(28-26-34)53-43-23-9-7-19-40(43)41-20-8-10-24-44(41)53/h1-31H/p+1. The van der Waals surface area contributed by atoms with Crippen LogP contribution in [-0.2, 0) is 0 Å². The molecule has 0 bridgehead atoms. The molecule has 0 spiro atoms. The Labute approximate surface area is 306 Å². The van der Waals surface area contributed by atoms with E-state index >= 15 is 0 Å². The molecule has 10 aromatic rings. The van der Waals surface area contributed by atoms with Crippen molar-refractivity contribution in [3.8, 4) is 62.1 Å². The van der Waals surface area contributed by atoms with E-state index in [1.165, 1.54) is 21.8 Å². The molecular weight excluding hydrogens is 647 g/mol. The number of para-hydroxylation sites is 2. The molecule has 0 unspecified atom stereocenters. The van der Waals surface area contributed by atoms with E-state index in [2.05, 4.69) is 167 Å². The van der Waals surface area contributed by atoms with Crippen LogP contribution in [0.2, 0.25) is 0 Å². The Morgan fingerprint density at radius 1 is 0.415 bits per heavy atom. The highest BCUT2D eigenvalue weighted by Gasteiger charge is 2.21. The third-order valence-corrected chi connectivity index (χ3v) is 9.98. The quantitative estimate of drug-likeness (QED) is 0.176. The molecule has 0 aliphatic rings. The van der Waals surface area contributed by atoms with Gasteiger partial charge in [-0.1, -0.05) is 119 Å². The highest BCUT2D eigenvalue weighted by atomic mass is 15.0. The molecule has 53 heavy (non-hydrogen) atoms. The molecule has 248 valence electrons. The van der Waals surface area contributed by atoms with E-state index < -0.39 is 0 Å². The largest absolute Gasteiger partial charge is 0.309 e. The van der Waals surface area contributed by atoms with Gasteiger partial charge in [-0.15, -0.1) is 0 Å². The summed E-state index contributed by atoms with van der Waals surface area (Å²) in [7, 11) is 0. The molecule has 3 heterocycles. The van der Waals surface area contributed by atoms with Crippen LogP contribution in [0.1, 0.15) is 0 Å². The van der Waals surface area contributed by atoms with E-state index in [0.29, 0.717) is 5.82 Å². The van der Waals surface area contributed by atoms with E-state index in [9.17, 15) is 0 Å². The first-order chi connectivity index (χ1) is 26.3. The van der Waals surface area contributed by atoms with Crippen LogP contribution in [0.4, 0.5) is 0 Å². The molecule has 3 aromatic heterocycles. The maximum absolute atomic E-state index is 5.11.